The van der Waals surface area contributed by atoms with Gasteiger partial charge in [0, 0.05) is 15.7 Å². The molecule has 5 nitrogen and oxygen atoms in total. The summed E-state index contributed by atoms with van der Waals surface area (Å²) in [6.45, 7) is -0.129. The van der Waals surface area contributed by atoms with Crippen LogP contribution >= 0.6 is 15.9 Å². The van der Waals surface area contributed by atoms with E-state index in [2.05, 4.69) is 27.2 Å². The van der Waals surface area contributed by atoms with E-state index in [1.54, 1.807) is 42.5 Å². The van der Waals surface area contributed by atoms with Gasteiger partial charge in [-0.15, -0.1) is 6.42 Å². The van der Waals surface area contributed by atoms with E-state index in [-0.39, 0.29) is 23.5 Å². The minimum atomic E-state index is -0.542. The highest BCUT2D eigenvalue weighted by molar-refractivity contribution is 9.10. The largest absolute Gasteiger partial charge is 0.475 e. The molecule has 26 heavy (non-hydrogen) atoms. The van der Waals surface area contributed by atoms with Crippen molar-refractivity contribution in [3.63, 3.8) is 0 Å². The first kappa shape index (κ1) is 18.8. The predicted octanol–water partition coefficient (Wildman–Crippen LogP) is 3.82. The third kappa shape index (κ3) is 4.74. The number of anilines is 1. The maximum Gasteiger partial charge on any atom is 0.290 e. The van der Waals surface area contributed by atoms with Crippen LogP contribution in [0.15, 0.2) is 52.7 Å². The number of nitrogens with zero attached hydrogens (tertiary/aromatic N) is 2. The van der Waals surface area contributed by atoms with E-state index in [4.69, 9.17) is 11.2 Å². The molecule has 126 valence electrons. The van der Waals surface area contributed by atoms with E-state index in [1.807, 2.05) is 12.1 Å². The highest BCUT2D eigenvalue weighted by atomic mass is 79.9. The Kier molecular flexibility index (Phi) is 6.57. The van der Waals surface area contributed by atoms with Crippen molar-refractivity contribution in [3.8, 4) is 24.5 Å². The van der Waals surface area contributed by atoms with Gasteiger partial charge in [-0.05, 0) is 42.5 Å². The van der Waals surface area contributed by atoms with E-state index < -0.39 is 5.91 Å². The van der Waals surface area contributed by atoms with Gasteiger partial charge >= 0.3 is 0 Å². The molecule has 0 aliphatic rings. The van der Waals surface area contributed by atoms with Gasteiger partial charge in [-0.3, -0.25) is 4.79 Å². The summed E-state index contributed by atoms with van der Waals surface area (Å²) in [6, 6.07) is 15.7. The number of nitrogens with one attached hydrogen (secondary N) is 1. The molecule has 0 aliphatic heterocycles. The van der Waals surface area contributed by atoms with Crippen molar-refractivity contribution in [2.24, 2.45) is 0 Å². The summed E-state index contributed by atoms with van der Waals surface area (Å²) < 4.78 is 6.21. The average Bonchev–Trinajstić information content (AvgIpc) is 2.66. The molecule has 0 aromatic heterocycles. The number of rotatable bonds is 5. The quantitative estimate of drug-likeness (QED) is 0.465. The number of terminal acetylenes is 1. The molecule has 0 aliphatic carbocycles. The first-order valence-electron chi connectivity index (χ1n) is 7.37. The number of carbonyl (C=O) groups excluding carboxylic acids is 1. The maximum atomic E-state index is 12.6. The number of benzene rings is 2. The summed E-state index contributed by atoms with van der Waals surface area (Å²) in [5, 5.41) is 21.2. The van der Waals surface area contributed by atoms with Crippen LogP contribution < -0.4 is 5.32 Å². The molecule has 0 fully saturated rings. The summed E-state index contributed by atoms with van der Waals surface area (Å²) in [7, 11) is 0. The fourth-order valence-electron chi connectivity index (χ4n) is 2.06. The molecule has 1 N–H and O–H groups in total. The number of hydrogen-bond acceptors (Lipinski definition) is 4. The van der Waals surface area contributed by atoms with Gasteiger partial charge in [-0.25, -0.2) is 0 Å². The predicted molar refractivity (Wildman–Crippen MR) is 101 cm³/mol. The highest BCUT2D eigenvalue weighted by Gasteiger charge is 2.15. The fraction of sp³-hybridized carbons (Fsp3) is 0.0500. The summed E-state index contributed by atoms with van der Waals surface area (Å²) in [4.78, 5) is 12.6. The van der Waals surface area contributed by atoms with Crippen LogP contribution in [0.1, 0.15) is 16.7 Å². The fourth-order valence-corrected chi connectivity index (χ4v) is 2.33. The lowest BCUT2D eigenvalue weighted by molar-refractivity contribution is -0.115. The van der Waals surface area contributed by atoms with Gasteiger partial charge in [0.15, 0.2) is 5.76 Å². The lowest BCUT2D eigenvalue weighted by Gasteiger charge is -2.10. The minimum Gasteiger partial charge on any atom is -0.475 e. The second kappa shape index (κ2) is 9.08. The van der Waals surface area contributed by atoms with Crippen molar-refractivity contribution >= 4 is 33.6 Å². The second-order valence-corrected chi connectivity index (χ2v) is 5.87. The molecule has 0 saturated heterocycles. The van der Waals surface area contributed by atoms with E-state index in [0.717, 1.165) is 4.47 Å². The molecule has 6 heteroatoms. The molecule has 0 heterocycles. The van der Waals surface area contributed by atoms with Crippen LogP contribution in [0.3, 0.4) is 0 Å². The molecule has 0 saturated carbocycles. The first-order valence-corrected chi connectivity index (χ1v) is 8.16. The van der Waals surface area contributed by atoms with E-state index in [9.17, 15) is 15.3 Å². The third-order valence-electron chi connectivity index (χ3n) is 3.26. The van der Waals surface area contributed by atoms with Crippen LogP contribution in [0.25, 0.3) is 6.08 Å². The Labute approximate surface area is 159 Å². The van der Waals surface area contributed by atoms with Crippen LogP contribution in [-0.2, 0) is 9.53 Å². The van der Waals surface area contributed by atoms with Crippen molar-refractivity contribution < 1.29 is 9.53 Å². The molecule has 2 aromatic carbocycles. The van der Waals surface area contributed by atoms with Crippen LogP contribution in [0, 0.1) is 35.0 Å². The number of halogens is 1. The smallest absolute Gasteiger partial charge is 0.290 e. The first-order chi connectivity index (χ1) is 12.6. The minimum absolute atomic E-state index is 0.0925. The molecule has 0 radical (unpaired) electrons. The third-order valence-corrected chi connectivity index (χ3v) is 3.79. The van der Waals surface area contributed by atoms with Crippen LogP contribution in [0.2, 0.25) is 0 Å². The van der Waals surface area contributed by atoms with Crippen molar-refractivity contribution in [2.75, 3.05) is 11.9 Å². The van der Waals surface area contributed by atoms with Crippen LogP contribution in [-0.4, -0.2) is 12.5 Å². The van der Waals surface area contributed by atoms with Gasteiger partial charge in [-0.1, -0.05) is 27.9 Å². The normalized spacial score (nSPS) is 10.2. The van der Waals surface area contributed by atoms with Gasteiger partial charge < -0.3 is 10.1 Å². The van der Waals surface area contributed by atoms with Crippen molar-refractivity contribution in [1.29, 1.82) is 10.5 Å². The Bertz CT molecular complexity index is 942. The number of nitriles is 2. The molecule has 0 bridgehead atoms. The summed E-state index contributed by atoms with van der Waals surface area (Å²) >= 11 is 3.32. The van der Waals surface area contributed by atoms with E-state index >= 15 is 0 Å². The average molecular weight is 406 g/mol. The van der Waals surface area contributed by atoms with E-state index in [0.29, 0.717) is 11.3 Å². The highest BCUT2D eigenvalue weighted by Crippen LogP contribution is 2.20. The van der Waals surface area contributed by atoms with Gasteiger partial charge in [-0.2, -0.15) is 10.5 Å². The lowest BCUT2D eigenvalue weighted by Crippen LogP contribution is -2.17. The summed E-state index contributed by atoms with van der Waals surface area (Å²) in [6.07, 6.45) is 6.56. The van der Waals surface area contributed by atoms with Crippen LogP contribution in [0.4, 0.5) is 5.69 Å². The Morgan fingerprint density at radius 3 is 2.31 bits per heavy atom. The molecule has 1 amide bonds. The van der Waals surface area contributed by atoms with Gasteiger partial charge in [0.2, 0.25) is 0 Å². The SMILES string of the molecule is C#CCO/C(=C\c1c(C#N)cccc1C#N)C(=O)Nc1ccc(Br)cc1. The topological polar surface area (TPSA) is 85.9 Å². The summed E-state index contributed by atoms with van der Waals surface area (Å²) in [5.74, 6) is 1.65. The summed E-state index contributed by atoms with van der Waals surface area (Å²) in [5.41, 5.74) is 1.36. The van der Waals surface area contributed by atoms with Crippen molar-refractivity contribution in [3.05, 3.63) is 69.4 Å². The Morgan fingerprint density at radius 2 is 1.77 bits per heavy atom. The van der Waals surface area contributed by atoms with Gasteiger partial charge in [0.05, 0.1) is 23.3 Å². The number of ether oxygens (including phenoxy) is 1. The number of amides is 1. The van der Waals surface area contributed by atoms with Crippen LogP contribution in [0.5, 0.6) is 0 Å². The standard InChI is InChI=1S/C20H12BrN3O2/c1-2-10-26-19(20(25)24-17-8-6-16(21)7-9-17)11-18-14(12-22)4-3-5-15(18)13-23/h1,3-9,11H,10H2,(H,24,25)/b19-11-. The van der Waals surface area contributed by atoms with E-state index in [1.165, 1.54) is 6.08 Å². The zero-order valence-corrected chi connectivity index (χ0v) is 15.1. The Balaban J connectivity index is 2.42. The molecule has 0 unspecified atom stereocenters. The molecular formula is C20H12BrN3O2. The molecule has 2 rings (SSSR count). The Hall–Kier alpha value is -3.53. The molecule has 2 aromatic rings. The zero-order chi connectivity index (χ0) is 18.9. The number of hydrogen-bond donors (Lipinski definition) is 1. The van der Waals surface area contributed by atoms with Crippen molar-refractivity contribution in [2.45, 2.75) is 0 Å². The van der Waals surface area contributed by atoms with Gasteiger partial charge in [0.25, 0.3) is 5.91 Å². The zero-order valence-electron chi connectivity index (χ0n) is 13.5. The monoisotopic (exact) mass is 405 g/mol. The number of carbonyl (C=O) groups is 1. The lowest BCUT2D eigenvalue weighted by atomic mass is 10.0. The second-order valence-electron chi connectivity index (χ2n) is 4.95. The van der Waals surface area contributed by atoms with Crippen molar-refractivity contribution in [1.82, 2.24) is 0 Å². The van der Waals surface area contributed by atoms with Gasteiger partial charge in [0.1, 0.15) is 6.61 Å². The molecule has 0 spiro atoms. The molecule has 0 atom stereocenters. The maximum absolute atomic E-state index is 12.6. The molecular weight excluding hydrogens is 394 g/mol. The Morgan fingerprint density at radius 1 is 1.15 bits per heavy atom.